The molecule has 0 aliphatic carbocycles. The second kappa shape index (κ2) is 6.88. The highest BCUT2D eigenvalue weighted by atomic mass is 32.2. The van der Waals surface area contributed by atoms with Crippen molar-refractivity contribution in [1.82, 2.24) is 4.90 Å². The molecule has 2 aliphatic rings. The molecule has 0 aromatic heterocycles. The molecule has 24 heavy (non-hydrogen) atoms. The molecule has 7 heteroatoms. The van der Waals surface area contributed by atoms with Crippen LogP contribution in [-0.4, -0.2) is 47.2 Å². The Morgan fingerprint density at radius 3 is 2.71 bits per heavy atom. The van der Waals surface area contributed by atoms with Crippen LogP contribution in [-0.2, 0) is 21.2 Å². The van der Waals surface area contributed by atoms with Gasteiger partial charge in [-0.3, -0.25) is 4.79 Å². The van der Waals surface area contributed by atoms with E-state index in [0.29, 0.717) is 11.7 Å². The van der Waals surface area contributed by atoms with Gasteiger partial charge in [0.2, 0.25) is 0 Å². The summed E-state index contributed by atoms with van der Waals surface area (Å²) in [5.41, 5.74) is 1.09. The summed E-state index contributed by atoms with van der Waals surface area (Å²) in [5, 5.41) is 0.649. The first kappa shape index (κ1) is 17.5. The molecule has 2 aliphatic heterocycles. The smallest absolute Gasteiger partial charge is 0.250 e. The molecular weight excluding hydrogens is 344 g/mol. The molecule has 2 fully saturated rings. The summed E-state index contributed by atoms with van der Waals surface area (Å²) in [7, 11) is -3.01. The lowest BCUT2D eigenvalue weighted by molar-refractivity contribution is -0.121. The topological polar surface area (TPSA) is 66.8 Å². The Balaban J connectivity index is 1.88. The minimum absolute atomic E-state index is 0.0257. The lowest BCUT2D eigenvalue weighted by Crippen LogP contribution is -2.37. The highest BCUT2D eigenvalue weighted by molar-refractivity contribution is 8.15. The summed E-state index contributed by atoms with van der Waals surface area (Å²) < 4.78 is 24.0. The van der Waals surface area contributed by atoms with Gasteiger partial charge in [-0.2, -0.15) is 4.99 Å². The summed E-state index contributed by atoms with van der Waals surface area (Å²) >= 11 is 1.44. The fourth-order valence-electron chi connectivity index (χ4n) is 2.98. The number of carbonyl (C=O) groups excluding carboxylic acids is 1. The van der Waals surface area contributed by atoms with Crippen LogP contribution in [0.15, 0.2) is 35.3 Å². The van der Waals surface area contributed by atoms with Gasteiger partial charge in [0.1, 0.15) is 0 Å². The van der Waals surface area contributed by atoms with Crippen LogP contribution < -0.4 is 0 Å². The third kappa shape index (κ3) is 3.67. The second-order valence-corrected chi connectivity index (χ2v) is 9.82. The zero-order valence-electron chi connectivity index (χ0n) is 13.9. The van der Waals surface area contributed by atoms with Gasteiger partial charge in [0.05, 0.1) is 17.5 Å². The Labute approximate surface area is 147 Å². The number of hydrogen-bond acceptors (Lipinski definition) is 4. The molecule has 3 rings (SSSR count). The van der Waals surface area contributed by atoms with E-state index in [-0.39, 0.29) is 34.6 Å². The van der Waals surface area contributed by atoms with Crippen LogP contribution in [0.2, 0.25) is 0 Å². The van der Waals surface area contributed by atoms with Gasteiger partial charge in [-0.1, -0.05) is 55.9 Å². The van der Waals surface area contributed by atoms with Crippen molar-refractivity contribution >= 4 is 32.7 Å². The average molecular weight is 367 g/mol. The molecule has 1 aromatic rings. The van der Waals surface area contributed by atoms with Crippen molar-refractivity contribution in [3.8, 4) is 0 Å². The fraction of sp³-hybridized carbons (Fsp3) is 0.529. The van der Waals surface area contributed by atoms with E-state index in [2.05, 4.69) is 4.99 Å². The first-order valence-corrected chi connectivity index (χ1v) is 10.9. The van der Waals surface area contributed by atoms with E-state index in [9.17, 15) is 13.2 Å². The maximum atomic E-state index is 12.2. The minimum atomic E-state index is -3.01. The van der Waals surface area contributed by atoms with E-state index in [1.165, 1.54) is 11.8 Å². The summed E-state index contributed by atoms with van der Waals surface area (Å²) in [6, 6.07) is 9.80. The predicted molar refractivity (Wildman–Crippen MR) is 97.7 cm³/mol. The van der Waals surface area contributed by atoms with Crippen molar-refractivity contribution in [2.24, 2.45) is 10.9 Å². The summed E-state index contributed by atoms with van der Waals surface area (Å²) in [6.45, 7) is 4.42. The lowest BCUT2D eigenvalue weighted by atomic mass is 10.1. The van der Waals surface area contributed by atoms with E-state index in [4.69, 9.17) is 0 Å². The lowest BCUT2D eigenvalue weighted by Gasteiger charge is -2.24. The number of sulfone groups is 1. The number of amidine groups is 1. The Morgan fingerprint density at radius 2 is 2.04 bits per heavy atom. The largest absolute Gasteiger partial charge is 0.342 e. The Kier molecular flexibility index (Phi) is 5.01. The molecule has 130 valence electrons. The number of benzene rings is 1. The number of aliphatic imine (C=N–C) groups is 1. The highest BCUT2D eigenvalue weighted by Crippen LogP contribution is 2.39. The Hall–Kier alpha value is -1.34. The van der Waals surface area contributed by atoms with E-state index in [1.54, 1.807) is 0 Å². The molecule has 0 N–H and O–H groups in total. The maximum absolute atomic E-state index is 12.2. The normalized spacial score (nSPS) is 28.1. The number of rotatable bonds is 4. The fourth-order valence-corrected chi connectivity index (χ4v) is 6.94. The van der Waals surface area contributed by atoms with E-state index >= 15 is 0 Å². The number of thioether (sulfide) groups is 1. The van der Waals surface area contributed by atoms with Gasteiger partial charge in [-0.15, -0.1) is 0 Å². The SMILES string of the molecule is CC[C@H](C)C(=O)N=C1S[C@@H]2CS(=O)(=O)C[C@@H]2N1Cc1ccccc1. The van der Waals surface area contributed by atoms with Crippen molar-refractivity contribution < 1.29 is 13.2 Å². The van der Waals surface area contributed by atoms with Crippen LogP contribution in [0.1, 0.15) is 25.8 Å². The van der Waals surface area contributed by atoms with Crippen molar-refractivity contribution in [3.05, 3.63) is 35.9 Å². The van der Waals surface area contributed by atoms with Crippen LogP contribution >= 0.6 is 11.8 Å². The van der Waals surface area contributed by atoms with Crippen molar-refractivity contribution in [2.45, 2.75) is 38.1 Å². The molecule has 3 atom stereocenters. The minimum Gasteiger partial charge on any atom is -0.342 e. The third-order valence-corrected chi connectivity index (χ3v) is 7.86. The molecule has 5 nitrogen and oxygen atoms in total. The van der Waals surface area contributed by atoms with Gasteiger partial charge in [0.15, 0.2) is 15.0 Å². The van der Waals surface area contributed by atoms with Crippen molar-refractivity contribution in [3.63, 3.8) is 0 Å². The third-order valence-electron chi connectivity index (χ3n) is 4.61. The first-order valence-electron chi connectivity index (χ1n) is 8.20. The monoisotopic (exact) mass is 366 g/mol. The van der Waals surface area contributed by atoms with E-state index in [0.717, 1.165) is 12.0 Å². The van der Waals surface area contributed by atoms with Crippen molar-refractivity contribution in [1.29, 1.82) is 0 Å². The van der Waals surface area contributed by atoms with Gasteiger partial charge in [-0.05, 0) is 12.0 Å². The van der Waals surface area contributed by atoms with Gasteiger partial charge >= 0.3 is 0 Å². The quantitative estimate of drug-likeness (QED) is 0.818. The Morgan fingerprint density at radius 1 is 1.33 bits per heavy atom. The molecule has 0 unspecified atom stereocenters. The summed E-state index contributed by atoms with van der Waals surface area (Å²) in [6.07, 6.45) is 0.750. The highest BCUT2D eigenvalue weighted by Gasteiger charge is 2.48. The van der Waals surface area contributed by atoms with Gasteiger partial charge in [0, 0.05) is 17.7 Å². The molecule has 1 amide bonds. The van der Waals surface area contributed by atoms with Crippen LogP contribution in [0.25, 0.3) is 0 Å². The second-order valence-electron chi connectivity index (χ2n) is 6.46. The van der Waals surface area contributed by atoms with Crippen LogP contribution in [0, 0.1) is 5.92 Å². The number of hydrogen-bond donors (Lipinski definition) is 0. The Bertz CT molecular complexity index is 746. The first-order chi connectivity index (χ1) is 11.4. The van der Waals surface area contributed by atoms with Gasteiger partial charge in [0.25, 0.3) is 5.91 Å². The molecule has 2 heterocycles. The average Bonchev–Trinajstić information content (AvgIpc) is 3.00. The van der Waals surface area contributed by atoms with Crippen molar-refractivity contribution in [2.75, 3.05) is 11.5 Å². The predicted octanol–water partition coefficient (Wildman–Crippen LogP) is 2.33. The van der Waals surface area contributed by atoms with Crippen LogP contribution in [0.3, 0.4) is 0 Å². The number of carbonyl (C=O) groups is 1. The molecule has 0 spiro atoms. The van der Waals surface area contributed by atoms with Crippen LogP contribution in [0.5, 0.6) is 0 Å². The molecule has 2 saturated heterocycles. The van der Waals surface area contributed by atoms with E-state index < -0.39 is 9.84 Å². The standard InChI is InChI=1S/C17H22N2O3S2/c1-3-12(2)16(20)18-17-19(9-13-7-5-4-6-8-13)14-10-24(21,22)11-15(14)23-17/h4-8,12,14-15H,3,9-11H2,1-2H3/t12-,14-,15+/m0/s1. The van der Waals surface area contributed by atoms with Gasteiger partial charge < -0.3 is 4.90 Å². The molecule has 0 saturated carbocycles. The molecule has 1 aromatic carbocycles. The molecule has 0 bridgehead atoms. The zero-order chi connectivity index (χ0) is 17.3. The summed E-state index contributed by atoms with van der Waals surface area (Å²) in [5.74, 6) is 0.0832. The number of fused-ring (bicyclic) bond motifs is 1. The summed E-state index contributed by atoms with van der Waals surface area (Å²) in [4.78, 5) is 18.6. The number of amides is 1. The molecule has 0 radical (unpaired) electrons. The maximum Gasteiger partial charge on any atom is 0.250 e. The van der Waals surface area contributed by atoms with E-state index in [1.807, 2.05) is 49.1 Å². The number of nitrogens with zero attached hydrogens (tertiary/aromatic N) is 2. The zero-order valence-corrected chi connectivity index (χ0v) is 15.5. The van der Waals surface area contributed by atoms with Gasteiger partial charge in [-0.25, -0.2) is 8.42 Å². The van der Waals surface area contributed by atoms with Crippen LogP contribution in [0.4, 0.5) is 0 Å². The molecular formula is C17H22N2O3S2.